The summed E-state index contributed by atoms with van der Waals surface area (Å²) in [6, 6.07) is 9.34. The normalized spacial score (nSPS) is 14.3. The van der Waals surface area contributed by atoms with E-state index in [1.54, 1.807) is 17.2 Å². The van der Waals surface area contributed by atoms with Crippen molar-refractivity contribution in [2.75, 3.05) is 36.4 Å². The summed E-state index contributed by atoms with van der Waals surface area (Å²) in [7, 11) is 0. The third-order valence-corrected chi connectivity index (χ3v) is 4.27. The number of para-hydroxylation sites is 1. The summed E-state index contributed by atoms with van der Waals surface area (Å²) in [6.45, 7) is 4.62. The van der Waals surface area contributed by atoms with Crippen molar-refractivity contribution < 1.29 is 9.59 Å². The Morgan fingerprint density at radius 3 is 2.68 bits per heavy atom. The van der Waals surface area contributed by atoms with Crippen LogP contribution >= 0.6 is 0 Å². The second-order valence-electron chi connectivity index (χ2n) is 5.84. The molecule has 7 nitrogen and oxygen atoms in total. The van der Waals surface area contributed by atoms with Gasteiger partial charge in [0.2, 0.25) is 12.4 Å². The van der Waals surface area contributed by atoms with Gasteiger partial charge in [0, 0.05) is 38.1 Å². The number of nitrogens with zero attached hydrogens (tertiary/aromatic N) is 4. The fraction of sp³-hybridized carbons (Fsp3) is 0.333. The van der Waals surface area contributed by atoms with Crippen LogP contribution in [0.3, 0.4) is 0 Å². The zero-order valence-electron chi connectivity index (χ0n) is 14.2. The first-order chi connectivity index (χ1) is 12.2. The van der Waals surface area contributed by atoms with Crippen molar-refractivity contribution in [3.63, 3.8) is 0 Å². The van der Waals surface area contributed by atoms with E-state index in [2.05, 4.69) is 15.3 Å². The van der Waals surface area contributed by atoms with Crippen LogP contribution in [0.1, 0.15) is 23.0 Å². The Morgan fingerprint density at radius 1 is 1.20 bits per heavy atom. The number of aromatic nitrogens is 2. The minimum absolute atomic E-state index is 0.254. The van der Waals surface area contributed by atoms with E-state index in [1.807, 2.05) is 36.1 Å². The van der Waals surface area contributed by atoms with Crippen LogP contribution < -0.4 is 10.2 Å². The molecule has 0 saturated carbocycles. The number of amides is 2. The number of carbonyl (C=O) groups is 2. The van der Waals surface area contributed by atoms with E-state index in [-0.39, 0.29) is 5.91 Å². The van der Waals surface area contributed by atoms with E-state index in [0.717, 1.165) is 24.1 Å². The van der Waals surface area contributed by atoms with Gasteiger partial charge in [-0.2, -0.15) is 0 Å². The molecule has 7 heteroatoms. The fourth-order valence-corrected chi connectivity index (χ4v) is 2.79. The molecule has 0 spiro atoms. The van der Waals surface area contributed by atoms with Gasteiger partial charge in [0.1, 0.15) is 5.69 Å². The molecule has 2 heterocycles. The Kier molecular flexibility index (Phi) is 5.23. The predicted octanol–water partition coefficient (Wildman–Crippen LogP) is 1.57. The van der Waals surface area contributed by atoms with E-state index < -0.39 is 0 Å². The quantitative estimate of drug-likeness (QED) is 0.837. The van der Waals surface area contributed by atoms with Gasteiger partial charge in [-0.3, -0.25) is 9.59 Å². The molecule has 1 N–H and O–H groups in total. The average molecular weight is 339 g/mol. The summed E-state index contributed by atoms with van der Waals surface area (Å²) in [4.78, 5) is 35.7. The minimum atomic E-state index is -0.254. The Hall–Kier alpha value is -2.96. The topological polar surface area (TPSA) is 78.4 Å². The molecule has 25 heavy (non-hydrogen) atoms. The standard InChI is InChI=1S/C18H21N5O2/c1-2-14-5-3-4-6-15(14)20-17(25)16-7-8-19-18(21-16)23-11-9-22(13-24)10-12-23/h3-8,13H,2,9-12H2,1H3,(H,20,25). The van der Waals surface area contributed by atoms with Gasteiger partial charge in [-0.05, 0) is 24.1 Å². The number of hydrogen-bond donors (Lipinski definition) is 1. The summed E-state index contributed by atoms with van der Waals surface area (Å²) < 4.78 is 0. The first-order valence-electron chi connectivity index (χ1n) is 8.38. The Labute approximate surface area is 146 Å². The summed E-state index contributed by atoms with van der Waals surface area (Å²) in [5.41, 5.74) is 2.21. The van der Waals surface area contributed by atoms with Gasteiger partial charge in [0.15, 0.2) is 0 Å². The fourth-order valence-electron chi connectivity index (χ4n) is 2.79. The SMILES string of the molecule is CCc1ccccc1NC(=O)c1ccnc(N2CCN(C=O)CC2)n1. The maximum atomic E-state index is 12.5. The van der Waals surface area contributed by atoms with E-state index in [0.29, 0.717) is 37.8 Å². The molecule has 0 atom stereocenters. The molecule has 1 aromatic carbocycles. The van der Waals surface area contributed by atoms with Crippen LogP contribution in [0, 0.1) is 0 Å². The summed E-state index contributed by atoms with van der Waals surface area (Å²) in [5, 5.41) is 2.92. The molecule has 1 aromatic heterocycles. The Bertz CT molecular complexity index is 757. The molecule has 1 saturated heterocycles. The number of carbonyl (C=O) groups excluding carboxylic acids is 2. The number of piperazine rings is 1. The van der Waals surface area contributed by atoms with Crippen molar-refractivity contribution in [1.29, 1.82) is 0 Å². The van der Waals surface area contributed by atoms with Gasteiger partial charge in [-0.1, -0.05) is 25.1 Å². The molecule has 130 valence electrons. The summed E-state index contributed by atoms with van der Waals surface area (Å²) in [5.74, 6) is 0.262. The first kappa shape index (κ1) is 16.9. The lowest BCUT2D eigenvalue weighted by Crippen LogP contribution is -2.46. The van der Waals surface area contributed by atoms with E-state index in [4.69, 9.17) is 0 Å². The van der Waals surface area contributed by atoms with E-state index >= 15 is 0 Å². The van der Waals surface area contributed by atoms with Crippen molar-refractivity contribution in [2.45, 2.75) is 13.3 Å². The summed E-state index contributed by atoms with van der Waals surface area (Å²) in [6.07, 6.45) is 3.29. The number of anilines is 2. The van der Waals surface area contributed by atoms with Crippen molar-refractivity contribution in [3.05, 3.63) is 47.8 Å². The largest absolute Gasteiger partial charge is 0.342 e. The lowest BCUT2D eigenvalue weighted by atomic mass is 10.1. The minimum Gasteiger partial charge on any atom is -0.342 e. The van der Waals surface area contributed by atoms with E-state index in [9.17, 15) is 9.59 Å². The first-order valence-corrected chi connectivity index (χ1v) is 8.38. The molecule has 2 amide bonds. The molecule has 0 unspecified atom stereocenters. The van der Waals surface area contributed by atoms with Crippen molar-refractivity contribution in [3.8, 4) is 0 Å². The number of aryl methyl sites for hydroxylation is 1. The van der Waals surface area contributed by atoms with Gasteiger partial charge in [0.25, 0.3) is 5.91 Å². The number of hydrogen-bond acceptors (Lipinski definition) is 5. The second kappa shape index (κ2) is 7.74. The molecular weight excluding hydrogens is 318 g/mol. The van der Waals surface area contributed by atoms with Crippen LogP contribution in [0.5, 0.6) is 0 Å². The smallest absolute Gasteiger partial charge is 0.274 e. The number of rotatable bonds is 5. The predicted molar refractivity (Wildman–Crippen MR) is 95.7 cm³/mol. The average Bonchev–Trinajstić information content (AvgIpc) is 2.68. The van der Waals surface area contributed by atoms with Crippen LogP contribution in [0.25, 0.3) is 0 Å². The third kappa shape index (κ3) is 3.93. The van der Waals surface area contributed by atoms with Gasteiger partial charge < -0.3 is 15.1 Å². The molecule has 0 radical (unpaired) electrons. The highest BCUT2D eigenvalue weighted by atomic mass is 16.2. The maximum Gasteiger partial charge on any atom is 0.274 e. The molecule has 1 aliphatic rings. The van der Waals surface area contributed by atoms with Gasteiger partial charge in [0.05, 0.1) is 0 Å². The van der Waals surface area contributed by atoms with Crippen molar-refractivity contribution in [1.82, 2.24) is 14.9 Å². The van der Waals surface area contributed by atoms with Crippen LogP contribution in [0.4, 0.5) is 11.6 Å². The molecular formula is C18H21N5O2. The van der Waals surface area contributed by atoms with Crippen molar-refractivity contribution >= 4 is 24.0 Å². The van der Waals surface area contributed by atoms with Crippen LogP contribution in [0.2, 0.25) is 0 Å². The van der Waals surface area contributed by atoms with Gasteiger partial charge >= 0.3 is 0 Å². The molecule has 0 bridgehead atoms. The number of benzene rings is 1. The van der Waals surface area contributed by atoms with Gasteiger partial charge in [-0.25, -0.2) is 9.97 Å². The number of nitrogens with one attached hydrogen (secondary N) is 1. The monoisotopic (exact) mass is 339 g/mol. The zero-order valence-corrected chi connectivity index (χ0v) is 14.2. The van der Waals surface area contributed by atoms with Crippen LogP contribution in [-0.2, 0) is 11.2 Å². The van der Waals surface area contributed by atoms with Gasteiger partial charge in [-0.15, -0.1) is 0 Å². The Morgan fingerprint density at radius 2 is 1.96 bits per heavy atom. The summed E-state index contributed by atoms with van der Waals surface area (Å²) >= 11 is 0. The maximum absolute atomic E-state index is 12.5. The van der Waals surface area contributed by atoms with Crippen LogP contribution in [0.15, 0.2) is 36.5 Å². The molecule has 3 rings (SSSR count). The molecule has 1 fully saturated rings. The lowest BCUT2D eigenvalue weighted by molar-refractivity contribution is -0.118. The third-order valence-electron chi connectivity index (χ3n) is 4.27. The highest BCUT2D eigenvalue weighted by molar-refractivity contribution is 6.03. The molecule has 2 aromatic rings. The second-order valence-corrected chi connectivity index (χ2v) is 5.84. The molecule has 1 aliphatic heterocycles. The van der Waals surface area contributed by atoms with E-state index in [1.165, 1.54) is 0 Å². The van der Waals surface area contributed by atoms with Crippen molar-refractivity contribution in [2.24, 2.45) is 0 Å². The zero-order chi connectivity index (χ0) is 17.6. The highest BCUT2D eigenvalue weighted by Gasteiger charge is 2.19. The lowest BCUT2D eigenvalue weighted by Gasteiger charge is -2.32. The Balaban J connectivity index is 1.73. The highest BCUT2D eigenvalue weighted by Crippen LogP contribution is 2.17. The van der Waals surface area contributed by atoms with Crippen LogP contribution in [-0.4, -0.2) is 53.4 Å². The molecule has 0 aliphatic carbocycles.